The molecule has 0 bridgehead atoms. The van der Waals surface area contributed by atoms with E-state index in [1.54, 1.807) is 0 Å². The number of ketones is 1. The fourth-order valence-corrected chi connectivity index (χ4v) is 1.44. The van der Waals surface area contributed by atoms with Crippen molar-refractivity contribution in [3.8, 4) is 0 Å². The predicted octanol–water partition coefficient (Wildman–Crippen LogP) is 3.65. The lowest BCUT2D eigenvalue weighted by Crippen LogP contribution is -2.13. The van der Waals surface area contributed by atoms with Gasteiger partial charge in [-0.1, -0.05) is 23.7 Å². The molecule has 1 rings (SSSR count). The van der Waals surface area contributed by atoms with Crippen LogP contribution in [0.1, 0.15) is 19.4 Å². The van der Waals surface area contributed by atoms with Crippen molar-refractivity contribution >= 4 is 33.3 Å². The number of rotatable bonds is 4. The molecule has 0 radical (unpaired) electrons. The summed E-state index contributed by atoms with van der Waals surface area (Å²) in [4.78, 5) is 11.1. The van der Waals surface area contributed by atoms with Crippen LogP contribution in [0, 0.1) is 0 Å². The zero-order chi connectivity index (χ0) is 12.1. The Labute approximate surface area is 109 Å². The predicted molar refractivity (Wildman–Crippen MR) is 70.6 cm³/mol. The van der Waals surface area contributed by atoms with Crippen LogP contribution in [-0.2, 0) is 11.3 Å². The number of Topliss-reactive ketones (excluding diaryl/α,β-unsaturated/α-hetero) is 1. The molecule has 0 aliphatic heterocycles. The third-order valence-corrected chi connectivity index (χ3v) is 3.51. The Morgan fingerprint density at radius 1 is 1.31 bits per heavy atom. The van der Waals surface area contributed by atoms with Gasteiger partial charge in [0.25, 0.3) is 0 Å². The van der Waals surface area contributed by atoms with Crippen LogP contribution >= 0.6 is 27.5 Å². The van der Waals surface area contributed by atoms with Gasteiger partial charge in [0.05, 0.1) is 4.48 Å². The Bertz CT molecular complexity index is 412. The second kappa shape index (κ2) is 6.06. The Morgan fingerprint density at radius 3 is 2.38 bits per heavy atom. The number of halogens is 2. The molecule has 1 N–H and O–H groups in total. The summed E-state index contributed by atoms with van der Waals surface area (Å²) >= 11 is 9.02. The van der Waals surface area contributed by atoms with Gasteiger partial charge in [-0.25, -0.2) is 0 Å². The van der Waals surface area contributed by atoms with E-state index >= 15 is 0 Å². The van der Waals surface area contributed by atoms with Crippen LogP contribution in [0.25, 0.3) is 0 Å². The molecule has 2 nitrogen and oxygen atoms in total. The normalized spacial score (nSPS) is 12.0. The van der Waals surface area contributed by atoms with Gasteiger partial charge in [-0.3, -0.25) is 4.79 Å². The lowest BCUT2D eigenvalue weighted by molar-refractivity contribution is -0.112. The Hall–Kier alpha value is -0.800. The van der Waals surface area contributed by atoms with E-state index in [-0.39, 0.29) is 5.78 Å². The Balaban J connectivity index is 2.61. The van der Waals surface area contributed by atoms with E-state index in [1.165, 1.54) is 6.92 Å². The molecule has 0 saturated heterocycles. The maximum absolute atomic E-state index is 11.1. The van der Waals surface area contributed by atoms with Crippen molar-refractivity contribution in [1.82, 2.24) is 5.32 Å². The standard InChI is InChI=1S/C12H13BrClNO/c1-8(12(13)9(2)16)15-7-10-3-5-11(14)6-4-10/h3-6,15H,7H2,1-2H3/b12-8+. The molecule has 0 atom stereocenters. The third-order valence-electron chi connectivity index (χ3n) is 2.11. The molecule has 0 amide bonds. The van der Waals surface area contributed by atoms with Gasteiger partial charge in [0.1, 0.15) is 0 Å². The molecular formula is C12H13BrClNO. The van der Waals surface area contributed by atoms with E-state index in [0.717, 1.165) is 16.3 Å². The van der Waals surface area contributed by atoms with E-state index in [1.807, 2.05) is 31.2 Å². The molecule has 0 aliphatic rings. The van der Waals surface area contributed by atoms with Gasteiger partial charge in [0, 0.05) is 17.3 Å². The summed E-state index contributed by atoms with van der Waals surface area (Å²) < 4.78 is 0.585. The van der Waals surface area contributed by atoms with Crippen molar-refractivity contribution in [3.63, 3.8) is 0 Å². The van der Waals surface area contributed by atoms with E-state index in [4.69, 9.17) is 11.6 Å². The first-order chi connectivity index (χ1) is 7.50. The monoisotopic (exact) mass is 301 g/mol. The number of hydrogen-bond donors (Lipinski definition) is 1. The number of carbonyl (C=O) groups excluding carboxylic acids is 1. The van der Waals surface area contributed by atoms with E-state index < -0.39 is 0 Å². The first kappa shape index (κ1) is 13.3. The van der Waals surface area contributed by atoms with Gasteiger partial charge < -0.3 is 5.32 Å². The lowest BCUT2D eigenvalue weighted by atomic mass is 10.2. The maximum Gasteiger partial charge on any atom is 0.168 e. The molecule has 16 heavy (non-hydrogen) atoms. The highest BCUT2D eigenvalue weighted by atomic mass is 79.9. The number of allylic oxidation sites excluding steroid dienone is 2. The summed E-state index contributed by atoms with van der Waals surface area (Å²) in [5.74, 6) is 0.0149. The SMILES string of the molecule is CC(=O)/C(Br)=C(/C)NCc1ccc(Cl)cc1. The average Bonchev–Trinajstić information content (AvgIpc) is 2.26. The van der Waals surface area contributed by atoms with E-state index in [9.17, 15) is 4.79 Å². The number of hydrogen-bond acceptors (Lipinski definition) is 2. The molecule has 0 spiro atoms. The highest BCUT2D eigenvalue weighted by Crippen LogP contribution is 2.13. The first-order valence-corrected chi connectivity index (χ1v) is 6.03. The van der Waals surface area contributed by atoms with Gasteiger partial charge in [-0.15, -0.1) is 0 Å². The molecule has 0 fully saturated rings. The number of nitrogens with one attached hydrogen (secondary N) is 1. The molecule has 4 heteroatoms. The third kappa shape index (κ3) is 3.99. The summed E-state index contributed by atoms with van der Waals surface area (Å²) in [6.45, 7) is 4.06. The molecule has 86 valence electrons. The van der Waals surface area contributed by atoms with Crippen LogP contribution in [0.15, 0.2) is 34.4 Å². The zero-order valence-electron chi connectivity index (χ0n) is 9.18. The Morgan fingerprint density at radius 2 is 1.88 bits per heavy atom. The van der Waals surface area contributed by atoms with Crippen LogP contribution in [0.3, 0.4) is 0 Å². The van der Waals surface area contributed by atoms with Gasteiger partial charge in [-0.2, -0.15) is 0 Å². The van der Waals surface area contributed by atoms with Crippen LogP contribution in [0.2, 0.25) is 5.02 Å². The highest BCUT2D eigenvalue weighted by molar-refractivity contribution is 9.12. The molecule has 0 aliphatic carbocycles. The first-order valence-electron chi connectivity index (χ1n) is 4.86. The smallest absolute Gasteiger partial charge is 0.168 e. The van der Waals surface area contributed by atoms with Gasteiger partial charge in [0.15, 0.2) is 5.78 Å². The van der Waals surface area contributed by atoms with Gasteiger partial charge in [0.2, 0.25) is 0 Å². The summed E-state index contributed by atoms with van der Waals surface area (Å²) in [5.41, 5.74) is 1.95. The summed E-state index contributed by atoms with van der Waals surface area (Å²) in [7, 11) is 0. The molecule has 1 aromatic rings. The van der Waals surface area contributed by atoms with Gasteiger partial charge in [-0.05, 0) is 47.5 Å². The number of carbonyl (C=O) groups is 1. The van der Waals surface area contributed by atoms with E-state index in [2.05, 4.69) is 21.2 Å². The zero-order valence-corrected chi connectivity index (χ0v) is 11.5. The van der Waals surface area contributed by atoms with Crippen LogP contribution in [0.5, 0.6) is 0 Å². The summed E-state index contributed by atoms with van der Waals surface area (Å²) in [6, 6.07) is 7.59. The minimum Gasteiger partial charge on any atom is -0.383 e. The molecule has 1 aromatic carbocycles. The van der Waals surface area contributed by atoms with Crippen molar-refractivity contribution in [2.24, 2.45) is 0 Å². The van der Waals surface area contributed by atoms with Gasteiger partial charge >= 0.3 is 0 Å². The van der Waals surface area contributed by atoms with Crippen molar-refractivity contribution < 1.29 is 4.79 Å². The largest absolute Gasteiger partial charge is 0.383 e. The minimum absolute atomic E-state index is 0.0149. The van der Waals surface area contributed by atoms with Crippen molar-refractivity contribution in [2.45, 2.75) is 20.4 Å². The molecule has 0 unspecified atom stereocenters. The lowest BCUT2D eigenvalue weighted by Gasteiger charge is -2.08. The fourth-order valence-electron chi connectivity index (χ4n) is 1.18. The van der Waals surface area contributed by atoms with Crippen LogP contribution < -0.4 is 5.32 Å². The van der Waals surface area contributed by atoms with Crippen LogP contribution in [-0.4, -0.2) is 5.78 Å². The summed E-state index contributed by atoms with van der Waals surface area (Å²) in [5, 5.41) is 3.89. The second-order valence-corrected chi connectivity index (χ2v) is 4.70. The molecule has 0 aromatic heterocycles. The topological polar surface area (TPSA) is 29.1 Å². The Kier molecular flexibility index (Phi) is 5.03. The minimum atomic E-state index is 0.0149. The number of benzene rings is 1. The van der Waals surface area contributed by atoms with Crippen LogP contribution in [0.4, 0.5) is 0 Å². The van der Waals surface area contributed by atoms with E-state index in [0.29, 0.717) is 11.0 Å². The molecule has 0 saturated carbocycles. The second-order valence-electron chi connectivity index (χ2n) is 3.48. The van der Waals surface area contributed by atoms with Crippen molar-refractivity contribution in [1.29, 1.82) is 0 Å². The van der Waals surface area contributed by atoms with Crippen molar-refractivity contribution in [3.05, 3.63) is 45.0 Å². The maximum atomic E-state index is 11.1. The summed E-state index contributed by atoms with van der Waals surface area (Å²) in [6.07, 6.45) is 0. The molecule has 0 heterocycles. The average molecular weight is 303 g/mol. The fraction of sp³-hybridized carbons (Fsp3) is 0.250. The highest BCUT2D eigenvalue weighted by Gasteiger charge is 2.03. The molecular weight excluding hydrogens is 289 g/mol. The van der Waals surface area contributed by atoms with Crippen molar-refractivity contribution in [2.75, 3.05) is 0 Å². The quantitative estimate of drug-likeness (QED) is 0.860.